The number of hydrogen-bond donors (Lipinski definition) is 1. The van der Waals surface area contributed by atoms with Gasteiger partial charge in [0.2, 0.25) is 0 Å². The first-order valence-electron chi connectivity index (χ1n) is 3.73. The Morgan fingerprint density at radius 3 is 2.64 bits per heavy atom. The van der Waals surface area contributed by atoms with Crippen molar-refractivity contribution in [3.8, 4) is 0 Å². The third-order valence-corrected chi connectivity index (χ3v) is 1.59. The van der Waals surface area contributed by atoms with Crippen molar-refractivity contribution in [3.63, 3.8) is 0 Å². The van der Waals surface area contributed by atoms with Gasteiger partial charge in [-0.3, -0.25) is 0 Å². The topological polar surface area (TPSA) is 46.5 Å². The van der Waals surface area contributed by atoms with E-state index in [1.165, 1.54) is 6.92 Å². The lowest BCUT2D eigenvalue weighted by Crippen LogP contribution is -2.24. The monoisotopic (exact) mass is 156 g/mol. The number of carbonyl (C=O) groups excluding carboxylic acids is 1. The summed E-state index contributed by atoms with van der Waals surface area (Å²) in [7, 11) is 0. The van der Waals surface area contributed by atoms with E-state index >= 15 is 0 Å². The Bertz CT molecular complexity index is 164. The zero-order valence-corrected chi connectivity index (χ0v) is 6.49. The van der Waals surface area contributed by atoms with E-state index in [1.54, 1.807) is 0 Å². The lowest BCUT2D eigenvalue weighted by molar-refractivity contribution is -0.157. The maximum absolute atomic E-state index is 10.8. The number of rotatable bonds is 2. The molecule has 0 spiro atoms. The summed E-state index contributed by atoms with van der Waals surface area (Å²) in [6, 6.07) is 0. The van der Waals surface area contributed by atoms with E-state index in [4.69, 9.17) is 9.84 Å². The summed E-state index contributed by atoms with van der Waals surface area (Å²) in [4.78, 5) is 10.8. The van der Waals surface area contributed by atoms with E-state index < -0.39 is 12.1 Å². The van der Waals surface area contributed by atoms with Crippen LogP contribution in [0.5, 0.6) is 0 Å². The molecule has 0 bridgehead atoms. The lowest BCUT2D eigenvalue weighted by Gasteiger charge is -2.12. The van der Waals surface area contributed by atoms with Crippen LogP contribution in [0.4, 0.5) is 0 Å². The van der Waals surface area contributed by atoms with E-state index in [1.807, 2.05) is 12.2 Å². The van der Waals surface area contributed by atoms with E-state index in [-0.39, 0.29) is 6.10 Å². The molecule has 3 heteroatoms. The highest BCUT2D eigenvalue weighted by atomic mass is 16.6. The molecule has 1 atom stereocenters. The van der Waals surface area contributed by atoms with Crippen molar-refractivity contribution in [2.45, 2.75) is 32.0 Å². The predicted molar refractivity (Wildman–Crippen MR) is 39.9 cm³/mol. The normalized spacial score (nSPS) is 20.2. The second-order valence-corrected chi connectivity index (χ2v) is 2.68. The smallest absolute Gasteiger partial charge is 0.334 e. The number of esters is 1. The molecule has 3 nitrogen and oxygen atoms in total. The standard InChI is InChI=1S/C8H12O3/c1-6(9)8(10)11-7-4-2-3-5-7/h2-3,6-7,9H,4-5H2,1H3. The first-order valence-corrected chi connectivity index (χ1v) is 3.73. The molecule has 0 aliphatic heterocycles. The fourth-order valence-electron chi connectivity index (χ4n) is 0.951. The molecule has 0 radical (unpaired) electrons. The molecule has 1 N–H and O–H groups in total. The van der Waals surface area contributed by atoms with Crippen LogP contribution in [0.1, 0.15) is 19.8 Å². The maximum atomic E-state index is 10.8. The first-order chi connectivity index (χ1) is 5.20. The van der Waals surface area contributed by atoms with Crippen molar-refractivity contribution in [2.75, 3.05) is 0 Å². The van der Waals surface area contributed by atoms with Gasteiger partial charge < -0.3 is 9.84 Å². The molecule has 1 aliphatic carbocycles. The number of hydrogen-bond acceptors (Lipinski definition) is 3. The molecule has 1 unspecified atom stereocenters. The summed E-state index contributed by atoms with van der Waals surface area (Å²) in [6.45, 7) is 1.41. The van der Waals surface area contributed by atoms with Crippen molar-refractivity contribution < 1.29 is 14.6 Å². The molecule has 0 heterocycles. The summed E-state index contributed by atoms with van der Waals surface area (Å²) < 4.78 is 4.92. The van der Waals surface area contributed by atoms with Crippen LogP contribution in [0.3, 0.4) is 0 Å². The van der Waals surface area contributed by atoms with Crippen molar-refractivity contribution in [3.05, 3.63) is 12.2 Å². The SMILES string of the molecule is CC(O)C(=O)OC1CC=CC1. The Morgan fingerprint density at radius 2 is 2.18 bits per heavy atom. The molecule has 62 valence electrons. The molecular weight excluding hydrogens is 144 g/mol. The fourth-order valence-corrected chi connectivity index (χ4v) is 0.951. The summed E-state index contributed by atoms with van der Waals surface area (Å²) in [5.41, 5.74) is 0. The Labute approximate surface area is 65.7 Å². The average Bonchev–Trinajstić information content (AvgIpc) is 2.39. The van der Waals surface area contributed by atoms with E-state index in [0.29, 0.717) is 0 Å². The van der Waals surface area contributed by atoms with Gasteiger partial charge in [-0.1, -0.05) is 12.2 Å². The van der Waals surface area contributed by atoms with E-state index in [2.05, 4.69) is 0 Å². The molecule has 11 heavy (non-hydrogen) atoms. The molecule has 1 aliphatic rings. The van der Waals surface area contributed by atoms with Crippen LogP contribution in [0.2, 0.25) is 0 Å². The van der Waals surface area contributed by atoms with Gasteiger partial charge >= 0.3 is 5.97 Å². The summed E-state index contributed by atoms with van der Waals surface area (Å²) in [5, 5.41) is 8.79. The van der Waals surface area contributed by atoms with E-state index in [9.17, 15) is 4.79 Å². The van der Waals surface area contributed by atoms with Crippen LogP contribution in [-0.2, 0) is 9.53 Å². The van der Waals surface area contributed by atoms with Crippen molar-refractivity contribution in [1.29, 1.82) is 0 Å². The number of aliphatic hydroxyl groups is 1. The third-order valence-electron chi connectivity index (χ3n) is 1.59. The largest absolute Gasteiger partial charge is 0.460 e. The Balaban J connectivity index is 2.25. The lowest BCUT2D eigenvalue weighted by atomic mass is 10.3. The van der Waals surface area contributed by atoms with Gasteiger partial charge in [0.15, 0.2) is 0 Å². The molecule has 0 aromatic carbocycles. The number of carbonyl (C=O) groups is 1. The van der Waals surface area contributed by atoms with Gasteiger partial charge in [-0.25, -0.2) is 4.79 Å². The Morgan fingerprint density at radius 1 is 1.64 bits per heavy atom. The van der Waals surface area contributed by atoms with E-state index in [0.717, 1.165) is 12.8 Å². The van der Waals surface area contributed by atoms with Gasteiger partial charge in [0.1, 0.15) is 12.2 Å². The van der Waals surface area contributed by atoms with Crippen molar-refractivity contribution in [2.24, 2.45) is 0 Å². The van der Waals surface area contributed by atoms with Crippen LogP contribution in [0.15, 0.2) is 12.2 Å². The highest BCUT2D eigenvalue weighted by Crippen LogP contribution is 2.13. The Hall–Kier alpha value is -0.830. The minimum atomic E-state index is -1.00. The van der Waals surface area contributed by atoms with Gasteiger partial charge in [-0.2, -0.15) is 0 Å². The molecule has 0 aromatic rings. The zero-order valence-electron chi connectivity index (χ0n) is 6.49. The average molecular weight is 156 g/mol. The maximum Gasteiger partial charge on any atom is 0.334 e. The zero-order chi connectivity index (χ0) is 8.27. The minimum absolute atomic E-state index is 0.0444. The molecule has 0 saturated carbocycles. The molecule has 0 aromatic heterocycles. The quantitative estimate of drug-likeness (QED) is 0.471. The molecule has 0 saturated heterocycles. The van der Waals surface area contributed by atoms with Gasteiger partial charge in [0.25, 0.3) is 0 Å². The third kappa shape index (κ3) is 2.35. The second kappa shape index (κ2) is 3.53. The molecule has 0 amide bonds. The van der Waals surface area contributed by atoms with Gasteiger partial charge in [0.05, 0.1) is 0 Å². The Kier molecular flexibility index (Phi) is 2.65. The van der Waals surface area contributed by atoms with Gasteiger partial charge in [0, 0.05) is 12.8 Å². The summed E-state index contributed by atoms with van der Waals surface area (Å²) in [6.07, 6.45) is 4.45. The van der Waals surface area contributed by atoms with Crippen LogP contribution in [0.25, 0.3) is 0 Å². The van der Waals surface area contributed by atoms with Gasteiger partial charge in [-0.05, 0) is 6.92 Å². The molecular formula is C8H12O3. The van der Waals surface area contributed by atoms with Gasteiger partial charge in [-0.15, -0.1) is 0 Å². The fraction of sp³-hybridized carbons (Fsp3) is 0.625. The second-order valence-electron chi connectivity index (χ2n) is 2.68. The molecule has 1 rings (SSSR count). The van der Waals surface area contributed by atoms with Crippen molar-refractivity contribution in [1.82, 2.24) is 0 Å². The van der Waals surface area contributed by atoms with Crippen LogP contribution in [0, 0.1) is 0 Å². The molecule has 0 fully saturated rings. The highest BCUT2D eigenvalue weighted by Gasteiger charge is 2.18. The first kappa shape index (κ1) is 8.27. The minimum Gasteiger partial charge on any atom is -0.460 e. The van der Waals surface area contributed by atoms with Crippen LogP contribution in [-0.4, -0.2) is 23.3 Å². The predicted octanol–water partition coefficient (Wildman–Crippen LogP) is 0.629. The summed E-state index contributed by atoms with van der Waals surface area (Å²) in [5.74, 6) is -0.529. The van der Waals surface area contributed by atoms with Crippen LogP contribution < -0.4 is 0 Å². The van der Waals surface area contributed by atoms with Crippen molar-refractivity contribution >= 4 is 5.97 Å². The number of aliphatic hydroxyl groups excluding tert-OH is 1. The number of ether oxygens (including phenoxy) is 1. The summed E-state index contributed by atoms with van der Waals surface area (Å²) >= 11 is 0. The highest BCUT2D eigenvalue weighted by molar-refractivity contribution is 5.74. The van der Waals surface area contributed by atoms with Crippen LogP contribution >= 0.6 is 0 Å².